The Labute approximate surface area is 128 Å². The molecule has 2 aliphatic rings. The molecule has 0 saturated heterocycles. The number of hydrogen-bond acceptors (Lipinski definition) is 4. The van der Waals surface area contributed by atoms with Gasteiger partial charge in [-0.25, -0.2) is 0 Å². The molecule has 1 amide bonds. The van der Waals surface area contributed by atoms with E-state index in [0.717, 1.165) is 24.1 Å². The first-order valence-corrected chi connectivity index (χ1v) is 8.42. The number of thiophene rings is 1. The second kappa shape index (κ2) is 5.89. The molecule has 2 aliphatic carbocycles. The molecular weight excluding hydrogens is 286 g/mol. The zero-order chi connectivity index (χ0) is 14.9. The maximum absolute atomic E-state index is 12.0. The first-order chi connectivity index (χ1) is 10.2. The van der Waals surface area contributed by atoms with E-state index in [4.69, 9.17) is 4.74 Å². The van der Waals surface area contributed by atoms with Gasteiger partial charge in [0.05, 0.1) is 11.0 Å². The van der Waals surface area contributed by atoms with Crippen LogP contribution in [0.4, 0.5) is 0 Å². The van der Waals surface area contributed by atoms with Gasteiger partial charge in [-0.05, 0) is 30.7 Å². The van der Waals surface area contributed by atoms with E-state index in [9.17, 15) is 9.59 Å². The lowest BCUT2D eigenvalue weighted by atomic mass is 9.51. The van der Waals surface area contributed by atoms with Crippen LogP contribution in [-0.4, -0.2) is 30.9 Å². The molecule has 3 rings (SSSR count). The molecule has 4 nitrogen and oxygen atoms in total. The molecule has 1 heterocycles. The fourth-order valence-electron chi connectivity index (χ4n) is 3.59. The fraction of sp³-hybridized carbons (Fsp3) is 0.625. The van der Waals surface area contributed by atoms with Crippen LogP contribution in [0.1, 0.15) is 48.2 Å². The molecule has 0 radical (unpaired) electrons. The summed E-state index contributed by atoms with van der Waals surface area (Å²) in [5.74, 6) is 0.0487. The van der Waals surface area contributed by atoms with Gasteiger partial charge in [-0.15, -0.1) is 11.3 Å². The molecule has 1 aromatic rings. The molecule has 2 saturated carbocycles. The first kappa shape index (κ1) is 14.7. The number of rotatable bonds is 6. The molecule has 21 heavy (non-hydrogen) atoms. The van der Waals surface area contributed by atoms with Crippen LogP contribution in [0.2, 0.25) is 0 Å². The summed E-state index contributed by atoms with van der Waals surface area (Å²) in [7, 11) is 1.75. The smallest absolute Gasteiger partial charge is 0.220 e. The Balaban J connectivity index is 1.46. The van der Waals surface area contributed by atoms with E-state index in [1.165, 1.54) is 17.8 Å². The number of ketones is 1. The van der Waals surface area contributed by atoms with Crippen LogP contribution >= 0.6 is 11.3 Å². The normalized spacial score (nSPS) is 26.0. The molecule has 0 bridgehead atoms. The second-order valence-electron chi connectivity index (χ2n) is 6.07. The summed E-state index contributed by atoms with van der Waals surface area (Å²) in [6.07, 6.45) is 5.28. The predicted octanol–water partition coefficient (Wildman–Crippen LogP) is 2.78. The molecule has 0 aliphatic heterocycles. The minimum Gasteiger partial charge on any atom is -0.381 e. The standard InChI is InChI=1S/C16H21NO3S/c1-20-14-10-13(16(14)7-3-8-16)17-15(19)6-5-11(18)12-4-2-9-21-12/h2,4,9,13-14H,3,5-8,10H2,1H3,(H,17,19)/t13-,14+/m0/s1. The number of methoxy groups -OCH3 is 1. The summed E-state index contributed by atoms with van der Waals surface area (Å²) in [5.41, 5.74) is 0.183. The van der Waals surface area contributed by atoms with Gasteiger partial charge in [-0.2, -0.15) is 0 Å². The van der Waals surface area contributed by atoms with Crippen molar-refractivity contribution >= 4 is 23.0 Å². The van der Waals surface area contributed by atoms with Crippen LogP contribution in [0.3, 0.4) is 0 Å². The number of ether oxygens (including phenoxy) is 1. The van der Waals surface area contributed by atoms with Crippen molar-refractivity contribution in [2.75, 3.05) is 7.11 Å². The second-order valence-corrected chi connectivity index (χ2v) is 7.02. The maximum Gasteiger partial charge on any atom is 0.220 e. The van der Waals surface area contributed by atoms with Gasteiger partial charge in [0.2, 0.25) is 5.91 Å². The molecule has 2 fully saturated rings. The molecule has 114 valence electrons. The van der Waals surface area contributed by atoms with Gasteiger partial charge in [0, 0.05) is 31.4 Å². The van der Waals surface area contributed by atoms with Crippen molar-refractivity contribution in [1.29, 1.82) is 0 Å². The van der Waals surface area contributed by atoms with Crippen molar-refractivity contribution < 1.29 is 14.3 Å². The van der Waals surface area contributed by atoms with Gasteiger partial charge < -0.3 is 10.1 Å². The van der Waals surface area contributed by atoms with E-state index in [0.29, 0.717) is 12.5 Å². The summed E-state index contributed by atoms with van der Waals surface area (Å²) in [5, 5.41) is 4.99. The SMILES string of the molecule is CO[C@@H]1C[C@H](NC(=O)CCC(=O)c2cccs2)C12CCC2. The summed E-state index contributed by atoms with van der Waals surface area (Å²) in [6, 6.07) is 3.90. The topological polar surface area (TPSA) is 55.4 Å². The van der Waals surface area contributed by atoms with E-state index in [1.807, 2.05) is 17.5 Å². The van der Waals surface area contributed by atoms with Crippen LogP contribution in [-0.2, 0) is 9.53 Å². The number of carbonyl (C=O) groups excluding carboxylic acids is 2. The largest absolute Gasteiger partial charge is 0.381 e. The van der Waals surface area contributed by atoms with Crippen LogP contribution in [0, 0.1) is 5.41 Å². The molecule has 1 spiro atoms. The third-order valence-corrected chi connectivity index (χ3v) is 5.98. The highest BCUT2D eigenvalue weighted by Crippen LogP contribution is 2.57. The summed E-state index contributed by atoms with van der Waals surface area (Å²) < 4.78 is 5.50. The van der Waals surface area contributed by atoms with E-state index in [1.54, 1.807) is 7.11 Å². The fourth-order valence-corrected chi connectivity index (χ4v) is 4.28. The van der Waals surface area contributed by atoms with Crippen LogP contribution < -0.4 is 5.32 Å². The van der Waals surface area contributed by atoms with Crippen molar-refractivity contribution in [3.05, 3.63) is 22.4 Å². The van der Waals surface area contributed by atoms with E-state index < -0.39 is 0 Å². The van der Waals surface area contributed by atoms with Gasteiger partial charge in [-0.3, -0.25) is 9.59 Å². The van der Waals surface area contributed by atoms with Gasteiger partial charge in [0.1, 0.15) is 0 Å². The first-order valence-electron chi connectivity index (χ1n) is 7.54. The van der Waals surface area contributed by atoms with Crippen molar-refractivity contribution in [3.8, 4) is 0 Å². The van der Waals surface area contributed by atoms with Crippen LogP contribution in [0.5, 0.6) is 0 Å². The quantitative estimate of drug-likeness (QED) is 0.822. The Morgan fingerprint density at radius 1 is 1.43 bits per heavy atom. The zero-order valence-electron chi connectivity index (χ0n) is 12.3. The monoisotopic (exact) mass is 307 g/mol. The number of Topliss-reactive ketones (excluding diaryl/α,β-unsaturated/α-hetero) is 1. The average Bonchev–Trinajstić information content (AvgIpc) is 2.92. The van der Waals surface area contributed by atoms with Crippen molar-refractivity contribution in [2.45, 2.75) is 50.7 Å². The average molecular weight is 307 g/mol. The third-order valence-electron chi connectivity index (χ3n) is 5.06. The highest BCUT2D eigenvalue weighted by atomic mass is 32.1. The Bertz CT molecular complexity index is 522. The Hall–Kier alpha value is -1.20. The molecule has 2 atom stereocenters. The summed E-state index contributed by atoms with van der Waals surface area (Å²) in [4.78, 5) is 24.7. The summed E-state index contributed by atoms with van der Waals surface area (Å²) >= 11 is 1.43. The van der Waals surface area contributed by atoms with Gasteiger partial charge in [0.25, 0.3) is 0 Å². The number of hydrogen-bond donors (Lipinski definition) is 1. The molecule has 1 aromatic heterocycles. The van der Waals surface area contributed by atoms with Crippen LogP contribution in [0.25, 0.3) is 0 Å². The van der Waals surface area contributed by atoms with E-state index in [2.05, 4.69) is 5.32 Å². The maximum atomic E-state index is 12.0. The lowest BCUT2D eigenvalue weighted by Crippen LogP contribution is -2.67. The number of nitrogens with one attached hydrogen (secondary N) is 1. The molecular formula is C16H21NO3S. The lowest BCUT2D eigenvalue weighted by molar-refractivity contribution is -0.166. The van der Waals surface area contributed by atoms with Crippen molar-refractivity contribution in [3.63, 3.8) is 0 Å². The predicted molar refractivity (Wildman–Crippen MR) is 81.5 cm³/mol. The Morgan fingerprint density at radius 2 is 2.24 bits per heavy atom. The van der Waals surface area contributed by atoms with Crippen LogP contribution in [0.15, 0.2) is 17.5 Å². The molecule has 1 N–H and O–H groups in total. The number of carbonyl (C=O) groups is 2. The highest BCUT2D eigenvalue weighted by Gasteiger charge is 2.59. The van der Waals surface area contributed by atoms with Crippen molar-refractivity contribution in [2.24, 2.45) is 5.41 Å². The van der Waals surface area contributed by atoms with E-state index in [-0.39, 0.29) is 29.6 Å². The summed E-state index contributed by atoms with van der Waals surface area (Å²) in [6.45, 7) is 0. The minimum absolute atomic E-state index is 0.00858. The minimum atomic E-state index is -0.00858. The zero-order valence-corrected chi connectivity index (χ0v) is 13.1. The molecule has 5 heteroatoms. The number of amides is 1. The third kappa shape index (κ3) is 2.64. The van der Waals surface area contributed by atoms with Gasteiger partial charge in [0.15, 0.2) is 5.78 Å². The van der Waals surface area contributed by atoms with Gasteiger partial charge in [-0.1, -0.05) is 12.5 Å². The Morgan fingerprint density at radius 3 is 2.81 bits per heavy atom. The van der Waals surface area contributed by atoms with Gasteiger partial charge >= 0.3 is 0 Å². The van der Waals surface area contributed by atoms with E-state index >= 15 is 0 Å². The Kier molecular flexibility index (Phi) is 4.13. The van der Waals surface area contributed by atoms with Crippen molar-refractivity contribution in [1.82, 2.24) is 5.32 Å². The molecule has 0 unspecified atom stereocenters. The highest BCUT2D eigenvalue weighted by molar-refractivity contribution is 7.12. The molecule has 0 aromatic carbocycles. The lowest BCUT2D eigenvalue weighted by Gasteiger charge is -2.60.